The van der Waals surface area contributed by atoms with Gasteiger partial charge >= 0.3 is 0 Å². The van der Waals surface area contributed by atoms with Crippen LogP contribution in [0.2, 0.25) is 19.6 Å². The Kier molecular flexibility index (Phi) is 4.44. The van der Waals surface area contributed by atoms with Gasteiger partial charge in [0.2, 0.25) is 8.32 Å². The summed E-state index contributed by atoms with van der Waals surface area (Å²) in [6, 6.07) is 0. The molecule has 1 unspecified atom stereocenters. The summed E-state index contributed by atoms with van der Waals surface area (Å²) in [4.78, 5) is 0. The highest BCUT2D eigenvalue weighted by Crippen LogP contribution is 2.29. The number of allylic oxidation sites excluding steroid dienone is 2. The van der Waals surface area contributed by atoms with Gasteiger partial charge in [-0.1, -0.05) is 13.8 Å². The lowest BCUT2D eigenvalue weighted by Crippen LogP contribution is -2.26. The zero-order chi connectivity index (χ0) is 11.5. The first-order valence-electron chi connectivity index (χ1n) is 6.26. The Morgan fingerprint density at radius 3 is 2.60 bits per heavy atom. The molecule has 88 valence electrons. The normalized spacial score (nSPS) is 22.8. The predicted octanol–water partition coefficient (Wildman–Crippen LogP) is 4.57. The molecule has 0 spiro atoms. The van der Waals surface area contributed by atoms with Crippen molar-refractivity contribution in [2.75, 3.05) is 0 Å². The van der Waals surface area contributed by atoms with Gasteiger partial charge in [0.1, 0.15) is 0 Å². The first-order valence-corrected chi connectivity index (χ1v) is 9.67. The molecule has 0 aliphatic heterocycles. The van der Waals surface area contributed by atoms with Gasteiger partial charge in [-0.3, -0.25) is 0 Å². The van der Waals surface area contributed by atoms with E-state index in [-0.39, 0.29) is 0 Å². The number of hydrogen-bond donors (Lipinski definition) is 0. The summed E-state index contributed by atoms with van der Waals surface area (Å²) < 4.78 is 6.09. The fourth-order valence-electron chi connectivity index (χ4n) is 2.24. The largest absolute Gasteiger partial charge is 0.548 e. The molecule has 0 aromatic heterocycles. The van der Waals surface area contributed by atoms with Crippen molar-refractivity contribution < 1.29 is 4.43 Å². The van der Waals surface area contributed by atoms with Crippen molar-refractivity contribution >= 4 is 8.32 Å². The number of hydrogen-bond acceptors (Lipinski definition) is 1. The van der Waals surface area contributed by atoms with Gasteiger partial charge in [0.25, 0.3) is 0 Å². The molecule has 1 rings (SSSR count). The molecule has 1 atom stereocenters. The van der Waals surface area contributed by atoms with Crippen LogP contribution in [0.5, 0.6) is 0 Å². The lowest BCUT2D eigenvalue weighted by atomic mass is 9.88. The van der Waals surface area contributed by atoms with Gasteiger partial charge in [-0.05, 0) is 56.8 Å². The van der Waals surface area contributed by atoms with E-state index in [0.717, 1.165) is 11.8 Å². The molecule has 0 radical (unpaired) electrons. The fourth-order valence-corrected chi connectivity index (χ4v) is 3.19. The van der Waals surface area contributed by atoms with Gasteiger partial charge in [0.15, 0.2) is 0 Å². The van der Waals surface area contributed by atoms with Crippen LogP contribution < -0.4 is 0 Å². The zero-order valence-corrected chi connectivity index (χ0v) is 12.0. The maximum Gasteiger partial charge on any atom is 0.241 e. The maximum absolute atomic E-state index is 6.09. The van der Waals surface area contributed by atoms with Crippen LogP contribution >= 0.6 is 0 Å². The van der Waals surface area contributed by atoms with E-state index < -0.39 is 8.32 Å². The van der Waals surface area contributed by atoms with Gasteiger partial charge in [-0.25, -0.2) is 0 Å². The van der Waals surface area contributed by atoms with Crippen molar-refractivity contribution in [3.63, 3.8) is 0 Å². The Morgan fingerprint density at radius 1 is 1.40 bits per heavy atom. The second-order valence-electron chi connectivity index (χ2n) is 6.13. The molecule has 0 aromatic rings. The lowest BCUT2D eigenvalue weighted by Gasteiger charge is -2.27. The molecular weight excluding hydrogens is 200 g/mol. The van der Waals surface area contributed by atoms with E-state index in [1.807, 2.05) is 0 Å². The third-order valence-electron chi connectivity index (χ3n) is 2.63. The summed E-state index contributed by atoms with van der Waals surface area (Å²) >= 11 is 0. The monoisotopic (exact) mass is 226 g/mol. The minimum Gasteiger partial charge on any atom is -0.548 e. The minimum absolute atomic E-state index is 0.769. The summed E-state index contributed by atoms with van der Waals surface area (Å²) in [5, 5.41) is 0. The van der Waals surface area contributed by atoms with E-state index in [1.54, 1.807) is 0 Å². The Labute approximate surface area is 96.0 Å². The molecule has 0 amide bonds. The second kappa shape index (κ2) is 5.20. The summed E-state index contributed by atoms with van der Waals surface area (Å²) in [5.41, 5.74) is 0. The molecule has 0 fully saturated rings. The summed E-state index contributed by atoms with van der Waals surface area (Å²) in [7, 11) is -1.38. The highest BCUT2D eigenvalue weighted by molar-refractivity contribution is 6.70. The lowest BCUT2D eigenvalue weighted by molar-refractivity contribution is 0.339. The van der Waals surface area contributed by atoms with Crippen LogP contribution in [0.15, 0.2) is 11.8 Å². The average molecular weight is 226 g/mol. The Balaban J connectivity index is 2.53. The fraction of sp³-hybridized carbons (Fsp3) is 0.846. The molecule has 2 heteroatoms. The third-order valence-corrected chi connectivity index (χ3v) is 3.51. The quantitative estimate of drug-likeness (QED) is 0.638. The van der Waals surface area contributed by atoms with Crippen LogP contribution in [0.25, 0.3) is 0 Å². The second-order valence-corrected chi connectivity index (χ2v) is 10.6. The van der Waals surface area contributed by atoms with E-state index in [1.165, 1.54) is 31.4 Å². The van der Waals surface area contributed by atoms with Crippen LogP contribution in [0.1, 0.15) is 39.5 Å². The molecule has 15 heavy (non-hydrogen) atoms. The van der Waals surface area contributed by atoms with Crippen molar-refractivity contribution in [2.45, 2.75) is 59.2 Å². The van der Waals surface area contributed by atoms with E-state index >= 15 is 0 Å². The average Bonchev–Trinajstić information content (AvgIpc) is 1.99. The van der Waals surface area contributed by atoms with Crippen LogP contribution in [0.4, 0.5) is 0 Å². The summed E-state index contributed by atoms with van der Waals surface area (Å²) in [6.45, 7) is 11.4. The molecule has 1 aliphatic carbocycles. The van der Waals surface area contributed by atoms with E-state index in [0.29, 0.717) is 0 Å². The highest BCUT2D eigenvalue weighted by Gasteiger charge is 2.21. The number of rotatable bonds is 4. The van der Waals surface area contributed by atoms with Gasteiger partial charge in [0, 0.05) is 6.42 Å². The predicted molar refractivity (Wildman–Crippen MR) is 69.3 cm³/mol. The molecule has 0 N–H and O–H groups in total. The highest BCUT2D eigenvalue weighted by atomic mass is 28.4. The van der Waals surface area contributed by atoms with Crippen molar-refractivity contribution in [3.8, 4) is 0 Å². The van der Waals surface area contributed by atoms with Gasteiger partial charge in [0.05, 0.1) is 5.76 Å². The van der Waals surface area contributed by atoms with Crippen molar-refractivity contribution in [3.05, 3.63) is 11.8 Å². The summed E-state index contributed by atoms with van der Waals surface area (Å²) in [5.74, 6) is 2.86. The smallest absolute Gasteiger partial charge is 0.241 e. The first kappa shape index (κ1) is 12.8. The molecule has 0 saturated heterocycles. The minimum atomic E-state index is -1.38. The standard InChI is InChI=1S/C13H26OSi/c1-11(2)9-12-7-6-8-13(10-12)14-15(3,4)5/h10-12H,6-9H2,1-5H3. The van der Waals surface area contributed by atoms with E-state index in [9.17, 15) is 0 Å². The molecular formula is C13H26OSi. The van der Waals surface area contributed by atoms with Crippen LogP contribution in [-0.4, -0.2) is 8.32 Å². The molecule has 0 aromatic carbocycles. The molecule has 1 aliphatic rings. The van der Waals surface area contributed by atoms with Crippen molar-refractivity contribution in [2.24, 2.45) is 11.8 Å². The summed E-state index contributed by atoms with van der Waals surface area (Å²) in [6.07, 6.45) is 7.56. The Hall–Kier alpha value is -0.243. The van der Waals surface area contributed by atoms with Gasteiger partial charge < -0.3 is 4.43 Å². The van der Waals surface area contributed by atoms with Gasteiger partial charge in [-0.2, -0.15) is 0 Å². The van der Waals surface area contributed by atoms with Crippen molar-refractivity contribution in [1.82, 2.24) is 0 Å². The molecule has 0 saturated carbocycles. The van der Waals surface area contributed by atoms with Crippen LogP contribution in [0.3, 0.4) is 0 Å². The molecule has 1 nitrogen and oxygen atoms in total. The Morgan fingerprint density at radius 2 is 2.07 bits per heavy atom. The maximum atomic E-state index is 6.09. The SMILES string of the molecule is CC(C)CC1C=C(O[Si](C)(C)C)CCC1. The molecule has 0 bridgehead atoms. The third kappa shape index (κ3) is 5.40. The van der Waals surface area contributed by atoms with E-state index in [4.69, 9.17) is 4.43 Å². The zero-order valence-electron chi connectivity index (χ0n) is 11.0. The van der Waals surface area contributed by atoms with E-state index in [2.05, 4.69) is 39.6 Å². The van der Waals surface area contributed by atoms with Crippen LogP contribution in [-0.2, 0) is 4.43 Å². The first-order chi connectivity index (χ1) is 6.87. The Bertz CT molecular complexity index is 225. The molecule has 0 heterocycles. The van der Waals surface area contributed by atoms with Crippen LogP contribution in [0, 0.1) is 11.8 Å². The van der Waals surface area contributed by atoms with Crippen molar-refractivity contribution in [1.29, 1.82) is 0 Å². The topological polar surface area (TPSA) is 9.23 Å². The van der Waals surface area contributed by atoms with Gasteiger partial charge in [-0.15, -0.1) is 0 Å².